The van der Waals surface area contributed by atoms with Crippen molar-refractivity contribution in [2.24, 2.45) is 5.73 Å². The Kier molecular flexibility index (Phi) is 2.99. The van der Waals surface area contributed by atoms with E-state index in [1.165, 1.54) is 0 Å². The van der Waals surface area contributed by atoms with E-state index in [0.29, 0.717) is 10.6 Å². The maximum Gasteiger partial charge on any atom is 0.138 e. The Morgan fingerprint density at radius 3 is 2.67 bits per heavy atom. The van der Waals surface area contributed by atoms with Crippen molar-refractivity contribution >= 4 is 27.5 Å². The first-order chi connectivity index (χ1) is 5.52. The zero-order valence-electron chi connectivity index (χ0n) is 6.51. The molecule has 1 aromatic carbocycles. The highest BCUT2D eigenvalue weighted by Gasteiger charge is 2.10. The van der Waals surface area contributed by atoms with Crippen molar-refractivity contribution in [2.75, 3.05) is 0 Å². The molecule has 0 amide bonds. The monoisotopic (exact) mass is 249 g/mol. The second kappa shape index (κ2) is 3.64. The van der Waals surface area contributed by atoms with Gasteiger partial charge in [0.2, 0.25) is 0 Å². The van der Waals surface area contributed by atoms with Crippen LogP contribution >= 0.6 is 27.5 Å². The molecule has 1 rings (SSSR count). The second-order valence-corrected chi connectivity index (χ2v) is 3.94. The number of benzene rings is 1. The third-order valence-electron chi connectivity index (χ3n) is 1.55. The standard InChI is InChI=1S/C8H9BrClNO/c1-4(11)6-2-5(9)3-7(10)8(6)12/h2-4,12H,11H2,1H3/t4-/m1/s1. The lowest BCUT2D eigenvalue weighted by atomic mass is 10.1. The summed E-state index contributed by atoms with van der Waals surface area (Å²) in [6, 6.07) is 3.16. The lowest BCUT2D eigenvalue weighted by Crippen LogP contribution is -2.05. The Morgan fingerprint density at radius 1 is 1.58 bits per heavy atom. The normalized spacial score (nSPS) is 13.0. The molecule has 0 bridgehead atoms. The van der Waals surface area contributed by atoms with E-state index in [9.17, 15) is 5.11 Å². The average molecular weight is 251 g/mol. The van der Waals surface area contributed by atoms with Gasteiger partial charge in [0.05, 0.1) is 5.02 Å². The minimum atomic E-state index is -0.222. The van der Waals surface area contributed by atoms with E-state index in [2.05, 4.69) is 15.9 Å². The van der Waals surface area contributed by atoms with Crippen molar-refractivity contribution < 1.29 is 5.11 Å². The van der Waals surface area contributed by atoms with Crippen molar-refractivity contribution in [1.29, 1.82) is 0 Å². The number of phenolic OH excluding ortho intramolecular Hbond substituents is 1. The average Bonchev–Trinajstić information content (AvgIpc) is 1.96. The lowest BCUT2D eigenvalue weighted by molar-refractivity contribution is 0.464. The van der Waals surface area contributed by atoms with Gasteiger partial charge in [0.25, 0.3) is 0 Å². The molecule has 0 saturated carbocycles. The van der Waals surface area contributed by atoms with Gasteiger partial charge in [0.1, 0.15) is 5.75 Å². The number of hydrogen-bond donors (Lipinski definition) is 2. The van der Waals surface area contributed by atoms with Gasteiger partial charge < -0.3 is 10.8 Å². The Hall–Kier alpha value is -0.250. The molecule has 0 aliphatic heterocycles. The minimum Gasteiger partial charge on any atom is -0.506 e. The van der Waals surface area contributed by atoms with Crippen LogP contribution in [0.2, 0.25) is 5.02 Å². The van der Waals surface area contributed by atoms with E-state index in [0.717, 1.165) is 4.47 Å². The Morgan fingerprint density at radius 2 is 2.17 bits per heavy atom. The zero-order valence-corrected chi connectivity index (χ0v) is 8.85. The quantitative estimate of drug-likeness (QED) is 0.805. The first-order valence-electron chi connectivity index (χ1n) is 3.46. The zero-order chi connectivity index (χ0) is 9.30. The molecule has 0 fully saturated rings. The number of halogens is 2. The molecule has 3 N–H and O–H groups in total. The van der Waals surface area contributed by atoms with Crippen molar-refractivity contribution in [1.82, 2.24) is 0 Å². The Labute approximate surface area is 84.5 Å². The van der Waals surface area contributed by atoms with Crippen LogP contribution in [0.4, 0.5) is 0 Å². The molecule has 0 radical (unpaired) electrons. The van der Waals surface area contributed by atoms with Crippen LogP contribution in [0.15, 0.2) is 16.6 Å². The predicted molar refractivity (Wildman–Crippen MR) is 53.4 cm³/mol. The Bertz CT molecular complexity index is 301. The van der Waals surface area contributed by atoms with Gasteiger partial charge in [-0.2, -0.15) is 0 Å². The van der Waals surface area contributed by atoms with Crippen LogP contribution in [-0.2, 0) is 0 Å². The molecule has 2 nitrogen and oxygen atoms in total. The van der Waals surface area contributed by atoms with E-state index >= 15 is 0 Å². The maximum absolute atomic E-state index is 9.46. The van der Waals surface area contributed by atoms with Gasteiger partial charge in [-0.1, -0.05) is 27.5 Å². The molecule has 0 aliphatic rings. The van der Waals surface area contributed by atoms with Crippen molar-refractivity contribution in [3.63, 3.8) is 0 Å². The number of phenols is 1. The fraction of sp³-hybridized carbons (Fsp3) is 0.250. The molecule has 1 atom stereocenters. The summed E-state index contributed by atoms with van der Waals surface area (Å²) in [7, 11) is 0. The van der Waals surface area contributed by atoms with Gasteiger partial charge in [0.15, 0.2) is 0 Å². The summed E-state index contributed by atoms with van der Waals surface area (Å²) in [6.45, 7) is 1.79. The van der Waals surface area contributed by atoms with Crippen molar-refractivity contribution in [2.45, 2.75) is 13.0 Å². The highest BCUT2D eigenvalue weighted by molar-refractivity contribution is 9.10. The van der Waals surface area contributed by atoms with E-state index < -0.39 is 0 Å². The summed E-state index contributed by atoms with van der Waals surface area (Å²) in [5.41, 5.74) is 6.26. The first kappa shape index (κ1) is 9.84. The number of aromatic hydroxyl groups is 1. The molecule has 0 saturated heterocycles. The molecule has 0 aromatic heterocycles. The molecule has 1 aromatic rings. The van der Waals surface area contributed by atoms with Crippen molar-refractivity contribution in [3.8, 4) is 5.75 Å². The predicted octanol–water partition coefficient (Wildman–Crippen LogP) is 2.83. The minimum absolute atomic E-state index is 0.0647. The van der Waals surface area contributed by atoms with Crippen LogP contribution in [0, 0.1) is 0 Å². The highest BCUT2D eigenvalue weighted by Crippen LogP contribution is 2.33. The number of nitrogens with two attached hydrogens (primary N) is 1. The molecule has 4 heteroatoms. The molecule has 12 heavy (non-hydrogen) atoms. The topological polar surface area (TPSA) is 46.2 Å². The van der Waals surface area contributed by atoms with Crippen LogP contribution in [0.25, 0.3) is 0 Å². The van der Waals surface area contributed by atoms with Crippen LogP contribution in [0.3, 0.4) is 0 Å². The largest absolute Gasteiger partial charge is 0.506 e. The molecular formula is C8H9BrClNO. The number of hydrogen-bond acceptors (Lipinski definition) is 2. The van der Waals surface area contributed by atoms with Gasteiger partial charge in [-0.15, -0.1) is 0 Å². The molecule has 0 unspecified atom stereocenters. The van der Waals surface area contributed by atoms with E-state index in [1.54, 1.807) is 19.1 Å². The molecule has 66 valence electrons. The summed E-state index contributed by atoms with van der Waals surface area (Å²) in [5.74, 6) is 0.0647. The van der Waals surface area contributed by atoms with Crippen LogP contribution < -0.4 is 5.73 Å². The Balaban J connectivity index is 3.28. The molecule has 0 aliphatic carbocycles. The smallest absolute Gasteiger partial charge is 0.138 e. The fourth-order valence-electron chi connectivity index (χ4n) is 0.933. The van der Waals surface area contributed by atoms with E-state index in [-0.39, 0.29) is 11.8 Å². The van der Waals surface area contributed by atoms with E-state index in [4.69, 9.17) is 17.3 Å². The third kappa shape index (κ3) is 1.91. The van der Waals surface area contributed by atoms with Crippen molar-refractivity contribution in [3.05, 3.63) is 27.2 Å². The van der Waals surface area contributed by atoms with E-state index in [1.807, 2.05) is 0 Å². The summed E-state index contributed by atoms with van der Waals surface area (Å²) in [5, 5.41) is 9.78. The lowest BCUT2D eigenvalue weighted by Gasteiger charge is -2.09. The summed E-state index contributed by atoms with van der Waals surface area (Å²) < 4.78 is 0.817. The molecule has 0 spiro atoms. The van der Waals surface area contributed by atoms with Gasteiger partial charge in [-0.25, -0.2) is 0 Å². The third-order valence-corrected chi connectivity index (χ3v) is 2.29. The highest BCUT2D eigenvalue weighted by atomic mass is 79.9. The van der Waals surface area contributed by atoms with Crippen LogP contribution in [0.1, 0.15) is 18.5 Å². The second-order valence-electron chi connectivity index (χ2n) is 2.61. The summed E-state index contributed by atoms with van der Waals surface area (Å²) >= 11 is 8.99. The number of rotatable bonds is 1. The maximum atomic E-state index is 9.46. The van der Waals surface area contributed by atoms with Gasteiger partial charge in [0, 0.05) is 16.1 Å². The molecule has 0 heterocycles. The summed E-state index contributed by atoms with van der Waals surface area (Å²) in [4.78, 5) is 0. The van der Waals surface area contributed by atoms with Gasteiger partial charge in [-0.3, -0.25) is 0 Å². The van der Waals surface area contributed by atoms with Crippen LogP contribution in [0.5, 0.6) is 5.75 Å². The SMILES string of the molecule is C[C@@H](N)c1cc(Br)cc(Cl)c1O. The van der Waals surface area contributed by atoms with Crippen LogP contribution in [-0.4, -0.2) is 5.11 Å². The first-order valence-corrected chi connectivity index (χ1v) is 4.63. The summed E-state index contributed by atoms with van der Waals surface area (Å²) in [6.07, 6.45) is 0. The molecular weight excluding hydrogens is 241 g/mol. The van der Waals surface area contributed by atoms with Gasteiger partial charge in [-0.05, 0) is 19.1 Å². The van der Waals surface area contributed by atoms with Gasteiger partial charge >= 0.3 is 0 Å². The fourth-order valence-corrected chi connectivity index (χ4v) is 1.77.